The van der Waals surface area contributed by atoms with Crippen LogP contribution in [0.3, 0.4) is 0 Å². The van der Waals surface area contributed by atoms with Gasteiger partial charge in [-0.3, -0.25) is 14.5 Å². The first-order valence-electron chi connectivity index (χ1n) is 8.05. The van der Waals surface area contributed by atoms with Gasteiger partial charge in [-0.25, -0.2) is 0 Å². The minimum Gasteiger partial charge on any atom is -0.363 e. The Bertz CT molecular complexity index is 665. The maximum absolute atomic E-state index is 11.9. The van der Waals surface area contributed by atoms with Gasteiger partial charge in [0.05, 0.1) is 5.69 Å². The molecule has 0 aromatic carbocycles. The average Bonchev–Trinajstić information content (AvgIpc) is 2.84. The zero-order chi connectivity index (χ0) is 17.5. The molecule has 7 heteroatoms. The highest BCUT2D eigenvalue weighted by Crippen LogP contribution is 2.20. The average molecular weight is 330 g/mol. The molecule has 0 aliphatic carbocycles. The van der Waals surface area contributed by atoms with Gasteiger partial charge < -0.3 is 15.5 Å². The molecule has 0 aliphatic rings. The van der Waals surface area contributed by atoms with E-state index in [2.05, 4.69) is 25.6 Å². The predicted molar refractivity (Wildman–Crippen MR) is 94.7 cm³/mol. The largest absolute Gasteiger partial charge is 0.363 e. The summed E-state index contributed by atoms with van der Waals surface area (Å²) in [6.45, 7) is 3.84. The van der Waals surface area contributed by atoms with Crippen LogP contribution in [0.15, 0.2) is 24.5 Å². The van der Waals surface area contributed by atoms with Gasteiger partial charge in [-0.1, -0.05) is 6.07 Å². The third-order valence-corrected chi connectivity index (χ3v) is 3.78. The van der Waals surface area contributed by atoms with Crippen LogP contribution in [0.1, 0.15) is 23.2 Å². The molecule has 0 fully saturated rings. The summed E-state index contributed by atoms with van der Waals surface area (Å²) in [6, 6.07) is 3.81. The van der Waals surface area contributed by atoms with Crippen LogP contribution in [0, 0.1) is 6.92 Å². The summed E-state index contributed by atoms with van der Waals surface area (Å²) >= 11 is 0. The second kappa shape index (κ2) is 8.44. The van der Waals surface area contributed by atoms with Crippen molar-refractivity contribution in [2.75, 3.05) is 25.5 Å². The zero-order valence-corrected chi connectivity index (χ0v) is 14.8. The molecule has 2 heterocycles. The van der Waals surface area contributed by atoms with Crippen molar-refractivity contribution in [2.45, 2.75) is 26.4 Å². The molecule has 7 nitrogen and oxygen atoms in total. The van der Waals surface area contributed by atoms with Gasteiger partial charge in [-0.15, -0.1) is 0 Å². The monoisotopic (exact) mass is 330 g/mol. The normalized spacial score (nSPS) is 10.7. The number of amides is 1. The molecular formula is C17H26N6O. The van der Waals surface area contributed by atoms with Crippen molar-refractivity contribution in [3.05, 3.63) is 41.3 Å². The molecule has 2 rings (SSSR count). The van der Waals surface area contributed by atoms with Gasteiger partial charge in [0, 0.05) is 65.2 Å². The van der Waals surface area contributed by atoms with Gasteiger partial charge in [0.2, 0.25) is 5.91 Å². The maximum atomic E-state index is 11.9. The first-order chi connectivity index (χ1) is 11.5. The van der Waals surface area contributed by atoms with Crippen LogP contribution in [0.5, 0.6) is 0 Å². The van der Waals surface area contributed by atoms with Crippen molar-refractivity contribution in [1.82, 2.24) is 25.4 Å². The molecule has 0 atom stereocenters. The number of aryl methyl sites for hydroxylation is 2. The summed E-state index contributed by atoms with van der Waals surface area (Å²) in [6.07, 6.45) is 3.92. The first kappa shape index (κ1) is 17.9. The summed E-state index contributed by atoms with van der Waals surface area (Å²) in [5.41, 5.74) is 3.17. The van der Waals surface area contributed by atoms with Gasteiger partial charge in [-0.2, -0.15) is 5.10 Å². The topological polar surface area (TPSA) is 75.1 Å². The van der Waals surface area contributed by atoms with Crippen LogP contribution in [-0.2, 0) is 24.9 Å². The molecule has 0 radical (unpaired) electrons. The van der Waals surface area contributed by atoms with Crippen LogP contribution in [0.4, 0.5) is 5.82 Å². The minimum atomic E-state index is 0.0297. The number of anilines is 1. The number of carbonyl (C=O) groups is 1. The van der Waals surface area contributed by atoms with Gasteiger partial charge >= 0.3 is 0 Å². The van der Waals surface area contributed by atoms with Crippen molar-refractivity contribution in [2.24, 2.45) is 7.05 Å². The highest BCUT2D eigenvalue weighted by Gasteiger charge is 2.14. The Morgan fingerprint density at radius 1 is 1.33 bits per heavy atom. The summed E-state index contributed by atoms with van der Waals surface area (Å²) < 4.78 is 1.88. The molecule has 0 bridgehead atoms. The fraction of sp³-hybridized carbons (Fsp3) is 0.471. The quantitative estimate of drug-likeness (QED) is 0.706. The minimum absolute atomic E-state index is 0.0297. The van der Waals surface area contributed by atoms with E-state index in [4.69, 9.17) is 0 Å². The van der Waals surface area contributed by atoms with E-state index in [0.717, 1.165) is 17.1 Å². The van der Waals surface area contributed by atoms with E-state index in [-0.39, 0.29) is 5.91 Å². The Morgan fingerprint density at radius 3 is 2.79 bits per heavy atom. The number of rotatable bonds is 8. The van der Waals surface area contributed by atoms with E-state index >= 15 is 0 Å². The number of carbonyl (C=O) groups excluding carboxylic acids is 1. The molecule has 2 aromatic rings. The fourth-order valence-corrected chi connectivity index (χ4v) is 2.66. The number of nitrogens with zero attached hydrogens (tertiary/aromatic N) is 4. The lowest BCUT2D eigenvalue weighted by atomic mass is 10.2. The van der Waals surface area contributed by atoms with Crippen LogP contribution in [0.25, 0.3) is 0 Å². The SMILES string of the molecule is Cc1nn(C)c(N(C)C)c1CNCCC(=O)NCc1cccnc1. The standard InChI is InChI=1S/C17H26N6O/c1-13-15(17(22(2)3)23(4)21-13)12-19-9-7-16(24)20-11-14-6-5-8-18-10-14/h5-6,8,10,19H,7,9,11-12H2,1-4H3,(H,20,24). The predicted octanol–water partition coefficient (Wildman–Crippen LogP) is 0.986. The molecule has 2 aromatic heterocycles. The lowest BCUT2D eigenvalue weighted by Crippen LogP contribution is -2.27. The molecule has 0 aliphatic heterocycles. The molecular weight excluding hydrogens is 304 g/mol. The summed E-state index contributed by atoms with van der Waals surface area (Å²) in [7, 11) is 5.95. The molecule has 0 saturated carbocycles. The van der Waals surface area contributed by atoms with Crippen molar-refractivity contribution in [3.63, 3.8) is 0 Å². The molecule has 24 heavy (non-hydrogen) atoms. The van der Waals surface area contributed by atoms with Gasteiger partial charge in [0.25, 0.3) is 0 Å². The number of pyridine rings is 1. The summed E-state index contributed by atoms with van der Waals surface area (Å²) in [5.74, 6) is 1.11. The van der Waals surface area contributed by atoms with E-state index in [9.17, 15) is 4.79 Å². The van der Waals surface area contributed by atoms with Gasteiger partial charge in [0.15, 0.2) is 0 Å². The van der Waals surface area contributed by atoms with E-state index in [1.807, 2.05) is 44.9 Å². The Balaban J connectivity index is 1.74. The van der Waals surface area contributed by atoms with Crippen molar-refractivity contribution in [1.29, 1.82) is 0 Å². The van der Waals surface area contributed by atoms with E-state index in [1.165, 1.54) is 5.56 Å². The molecule has 0 spiro atoms. The number of aromatic nitrogens is 3. The number of nitrogens with one attached hydrogen (secondary N) is 2. The van der Waals surface area contributed by atoms with Crippen molar-refractivity contribution < 1.29 is 4.79 Å². The van der Waals surface area contributed by atoms with Gasteiger partial charge in [0.1, 0.15) is 5.82 Å². The Kier molecular flexibility index (Phi) is 6.31. The lowest BCUT2D eigenvalue weighted by molar-refractivity contribution is -0.121. The Hall–Kier alpha value is -2.41. The third-order valence-electron chi connectivity index (χ3n) is 3.78. The zero-order valence-electron chi connectivity index (χ0n) is 14.8. The van der Waals surface area contributed by atoms with E-state index in [1.54, 1.807) is 12.4 Å². The first-order valence-corrected chi connectivity index (χ1v) is 8.05. The second-order valence-corrected chi connectivity index (χ2v) is 5.97. The second-order valence-electron chi connectivity index (χ2n) is 5.97. The smallest absolute Gasteiger partial charge is 0.221 e. The maximum Gasteiger partial charge on any atom is 0.221 e. The molecule has 0 saturated heterocycles. The number of hydrogen-bond donors (Lipinski definition) is 2. The number of hydrogen-bond acceptors (Lipinski definition) is 5. The molecule has 130 valence electrons. The Labute approximate surface area is 143 Å². The molecule has 1 amide bonds. The highest BCUT2D eigenvalue weighted by atomic mass is 16.1. The molecule has 0 unspecified atom stereocenters. The third kappa shape index (κ3) is 4.79. The molecule has 2 N–H and O–H groups in total. The van der Waals surface area contributed by atoms with Crippen LogP contribution in [0.2, 0.25) is 0 Å². The van der Waals surface area contributed by atoms with Crippen LogP contribution < -0.4 is 15.5 Å². The van der Waals surface area contributed by atoms with Crippen molar-refractivity contribution >= 4 is 11.7 Å². The van der Waals surface area contributed by atoms with Crippen molar-refractivity contribution in [3.8, 4) is 0 Å². The summed E-state index contributed by atoms with van der Waals surface area (Å²) in [4.78, 5) is 18.0. The van der Waals surface area contributed by atoms with Crippen LogP contribution in [-0.4, -0.2) is 41.3 Å². The van der Waals surface area contributed by atoms with E-state index < -0.39 is 0 Å². The lowest BCUT2D eigenvalue weighted by Gasteiger charge is -2.15. The Morgan fingerprint density at radius 2 is 2.12 bits per heavy atom. The van der Waals surface area contributed by atoms with Gasteiger partial charge in [-0.05, 0) is 18.6 Å². The fourth-order valence-electron chi connectivity index (χ4n) is 2.66. The van der Waals surface area contributed by atoms with Crippen LogP contribution >= 0.6 is 0 Å². The summed E-state index contributed by atoms with van der Waals surface area (Å²) in [5, 5.41) is 10.7. The highest BCUT2D eigenvalue weighted by molar-refractivity contribution is 5.76. The van der Waals surface area contributed by atoms with E-state index in [0.29, 0.717) is 26.1 Å².